The number of carbonyl (C=O) groups is 1. The lowest BCUT2D eigenvalue weighted by atomic mass is 9.86. The van der Waals surface area contributed by atoms with Gasteiger partial charge >= 0.3 is 0 Å². The smallest absolute Gasteiger partial charge is 0.243 e. The van der Waals surface area contributed by atoms with Crippen LogP contribution in [0.2, 0.25) is 0 Å². The zero-order chi connectivity index (χ0) is 22.2. The van der Waals surface area contributed by atoms with E-state index in [-0.39, 0.29) is 36.4 Å². The highest BCUT2D eigenvalue weighted by atomic mass is 127. The van der Waals surface area contributed by atoms with Gasteiger partial charge in [0.2, 0.25) is 5.91 Å². The minimum atomic E-state index is 0. The number of likely N-dealkylation sites (tertiary alicyclic amines) is 1. The Labute approximate surface area is 211 Å². The van der Waals surface area contributed by atoms with E-state index in [0.717, 1.165) is 38.4 Å². The maximum absolute atomic E-state index is 12.1. The Bertz CT molecular complexity index is 746. The van der Waals surface area contributed by atoms with Crippen LogP contribution in [0.5, 0.6) is 0 Å². The van der Waals surface area contributed by atoms with Crippen molar-refractivity contribution in [3.05, 3.63) is 35.4 Å². The molecule has 0 spiro atoms. The van der Waals surface area contributed by atoms with Gasteiger partial charge in [-0.1, -0.05) is 44.0 Å². The molecule has 1 aromatic rings. The molecule has 7 heteroatoms. The van der Waals surface area contributed by atoms with Crippen molar-refractivity contribution in [2.45, 2.75) is 71.0 Å². The van der Waals surface area contributed by atoms with Gasteiger partial charge in [-0.25, -0.2) is 4.99 Å². The molecule has 0 radical (unpaired) electrons. The number of benzene rings is 1. The highest BCUT2D eigenvalue weighted by Gasteiger charge is 2.25. The molecule has 2 aliphatic rings. The number of amides is 1. The predicted octanol–water partition coefficient (Wildman–Crippen LogP) is 3.78. The summed E-state index contributed by atoms with van der Waals surface area (Å²) in [5.74, 6) is 1.48. The van der Waals surface area contributed by atoms with Gasteiger partial charge in [0.05, 0.1) is 0 Å². The fourth-order valence-electron chi connectivity index (χ4n) is 4.58. The van der Waals surface area contributed by atoms with Crippen LogP contribution < -0.4 is 10.6 Å². The number of likely N-dealkylation sites (N-methyl/N-ethyl adjacent to an activating group) is 1. The Kier molecular flexibility index (Phi) is 11.2. The van der Waals surface area contributed by atoms with Crippen LogP contribution in [0.1, 0.15) is 56.6 Å². The molecule has 3 rings (SSSR count). The third-order valence-corrected chi connectivity index (χ3v) is 6.89. The number of guanidine groups is 1. The highest BCUT2D eigenvalue weighted by Crippen LogP contribution is 2.24. The van der Waals surface area contributed by atoms with E-state index in [0.29, 0.717) is 18.0 Å². The summed E-state index contributed by atoms with van der Waals surface area (Å²) in [5, 5.41) is 7.32. The molecule has 1 saturated carbocycles. The van der Waals surface area contributed by atoms with Gasteiger partial charge in [0.25, 0.3) is 0 Å². The molecule has 1 heterocycles. The number of rotatable bonds is 6. The normalized spacial score (nSPS) is 22.7. The molecule has 2 unspecified atom stereocenters. The zero-order valence-corrected chi connectivity index (χ0v) is 22.6. The van der Waals surface area contributed by atoms with Crippen molar-refractivity contribution in [1.29, 1.82) is 0 Å². The standard InChI is InChI=1S/C25H41N5O.HI/c1-19-9-5-7-11-21(19)18-30-15-13-22(14-16-30)27-25(26-17-24(31)29(3)4)28-23-12-8-6-10-20(23)2;/h5,7,9,11,20,22-23H,6,8,10,12-18H2,1-4H3,(H2,26,27,28);1H. The van der Waals surface area contributed by atoms with Crippen LogP contribution >= 0.6 is 24.0 Å². The molecule has 1 saturated heterocycles. The van der Waals surface area contributed by atoms with Gasteiger partial charge in [-0.3, -0.25) is 9.69 Å². The minimum absolute atomic E-state index is 0. The van der Waals surface area contributed by atoms with E-state index in [9.17, 15) is 4.79 Å². The Morgan fingerprint density at radius 1 is 1.09 bits per heavy atom. The molecule has 180 valence electrons. The van der Waals surface area contributed by atoms with Gasteiger partial charge in [0.1, 0.15) is 6.54 Å². The number of hydrogen-bond donors (Lipinski definition) is 2. The molecular formula is C25H42IN5O. The first kappa shape index (κ1) is 26.9. The molecular weight excluding hydrogens is 513 g/mol. The molecule has 0 aromatic heterocycles. The summed E-state index contributed by atoms with van der Waals surface area (Å²) >= 11 is 0. The molecule has 6 nitrogen and oxygen atoms in total. The third-order valence-electron chi connectivity index (χ3n) is 6.89. The van der Waals surface area contributed by atoms with Crippen LogP contribution in [-0.4, -0.2) is 67.5 Å². The lowest BCUT2D eigenvalue weighted by Crippen LogP contribution is -2.52. The van der Waals surface area contributed by atoms with E-state index >= 15 is 0 Å². The van der Waals surface area contributed by atoms with Gasteiger partial charge < -0.3 is 15.5 Å². The lowest BCUT2D eigenvalue weighted by Gasteiger charge is -2.35. The van der Waals surface area contributed by atoms with Crippen LogP contribution in [0.4, 0.5) is 0 Å². The zero-order valence-electron chi connectivity index (χ0n) is 20.3. The van der Waals surface area contributed by atoms with E-state index in [2.05, 4.69) is 58.6 Å². The first-order valence-corrected chi connectivity index (χ1v) is 12.0. The Hall–Kier alpha value is -1.35. The average Bonchev–Trinajstić information content (AvgIpc) is 2.76. The van der Waals surface area contributed by atoms with Gasteiger partial charge in [-0.2, -0.15) is 0 Å². The maximum atomic E-state index is 12.1. The van der Waals surface area contributed by atoms with E-state index in [4.69, 9.17) is 0 Å². The number of hydrogen-bond acceptors (Lipinski definition) is 3. The summed E-state index contributed by atoms with van der Waals surface area (Å²) in [5.41, 5.74) is 2.79. The summed E-state index contributed by atoms with van der Waals surface area (Å²) in [6.45, 7) is 7.89. The SMILES string of the molecule is Cc1ccccc1CN1CCC(NC(=NCC(=O)N(C)C)NC2CCCCC2C)CC1.I. The highest BCUT2D eigenvalue weighted by molar-refractivity contribution is 14.0. The number of piperidine rings is 1. The van der Waals surface area contributed by atoms with Gasteiger partial charge in [0, 0.05) is 45.8 Å². The van der Waals surface area contributed by atoms with Crippen molar-refractivity contribution in [2.24, 2.45) is 10.9 Å². The number of halogens is 1. The van der Waals surface area contributed by atoms with Crippen molar-refractivity contribution in [3.8, 4) is 0 Å². The quantitative estimate of drug-likeness (QED) is 0.319. The van der Waals surface area contributed by atoms with E-state index in [1.807, 2.05) is 0 Å². The van der Waals surface area contributed by atoms with Crippen molar-refractivity contribution in [3.63, 3.8) is 0 Å². The lowest BCUT2D eigenvalue weighted by molar-refractivity contribution is -0.127. The fourth-order valence-corrected chi connectivity index (χ4v) is 4.58. The topological polar surface area (TPSA) is 60.0 Å². The molecule has 1 aliphatic heterocycles. The predicted molar refractivity (Wildman–Crippen MR) is 144 cm³/mol. The second-order valence-corrected chi connectivity index (χ2v) is 9.59. The maximum Gasteiger partial charge on any atom is 0.243 e. The number of aryl methyl sites for hydroxylation is 1. The molecule has 32 heavy (non-hydrogen) atoms. The first-order chi connectivity index (χ1) is 14.9. The van der Waals surface area contributed by atoms with Gasteiger partial charge in [-0.15, -0.1) is 24.0 Å². The Morgan fingerprint density at radius 2 is 1.78 bits per heavy atom. The van der Waals surface area contributed by atoms with Crippen LogP contribution in [-0.2, 0) is 11.3 Å². The van der Waals surface area contributed by atoms with Crippen LogP contribution in [0.3, 0.4) is 0 Å². The molecule has 2 atom stereocenters. The van der Waals surface area contributed by atoms with Crippen LogP contribution in [0, 0.1) is 12.8 Å². The number of nitrogens with one attached hydrogen (secondary N) is 2. The number of nitrogens with zero attached hydrogens (tertiary/aromatic N) is 3. The molecule has 2 N–H and O–H groups in total. The molecule has 1 aromatic carbocycles. The first-order valence-electron chi connectivity index (χ1n) is 12.0. The summed E-state index contributed by atoms with van der Waals surface area (Å²) in [4.78, 5) is 20.9. The summed E-state index contributed by atoms with van der Waals surface area (Å²) in [6.07, 6.45) is 7.21. The van der Waals surface area contributed by atoms with Crippen LogP contribution in [0.25, 0.3) is 0 Å². The third kappa shape index (κ3) is 8.21. The average molecular weight is 556 g/mol. The fraction of sp³-hybridized carbons (Fsp3) is 0.680. The molecule has 1 amide bonds. The van der Waals surface area contributed by atoms with Crippen molar-refractivity contribution >= 4 is 35.8 Å². The molecule has 1 aliphatic carbocycles. The summed E-state index contributed by atoms with van der Waals surface area (Å²) in [7, 11) is 3.57. The number of carbonyl (C=O) groups excluding carboxylic acids is 1. The van der Waals surface area contributed by atoms with E-state index in [1.54, 1.807) is 19.0 Å². The second-order valence-electron chi connectivity index (χ2n) is 9.59. The van der Waals surface area contributed by atoms with Crippen molar-refractivity contribution < 1.29 is 4.79 Å². The van der Waals surface area contributed by atoms with E-state index in [1.165, 1.54) is 36.8 Å². The Morgan fingerprint density at radius 3 is 2.44 bits per heavy atom. The summed E-state index contributed by atoms with van der Waals surface area (Å²) < 4.78 is 0. The summed E-state index contributed by atoms with van der Waals surface area (Å²) in [6, 6.07) is 9.51. The molecule has 2 fully saturated rings. The monoisotopic (exact) mass is 555 g/mol. The minimum Gasteiger partial charge on any atom is -0.354 e. The van der Waals surface area contributed by atoms with Crippen LogP contribution in [0.15, 0.2) is 29.3 Å². The molecule has 0 bridgehead atoms. The van der Waals surface area contributed by atoms with Crippen molar-refractivity contribution in [2.75, 3.05) is 33.7 Å². The van der Waals surface area contributed by atoms with Crippen molar-refractivity contribution in [1.82, 2.24) is 20.4 Å². The van der Waals surface area contributed by atoms with Gasteiger partial charge in [-0.05, 0) is 49.7 Å². The second kappa shape index (κ2) is 13.4. The largest absolute Gasteiger partial charge is 0.354 e. The van der Waals surface area contributed by atoms with E-state index < -0.39 is 0 Å². The Balaban J connectivity index is 0.00000363. The number of aliphatic imine (C=N–C) groups is 1. The van der Waals surface area contributed by atoms with Gasteiger partial charge in [0.15, 0.2) is 5.96 Å².